The zero-order valence-corrected chi connectivity index (χ0v) is 9.55. The second-order valence-corrected chi connectivity index (χ2v) is 4.13. The predicted octanol–water partition coefficient (Wildman–Crippen LogP) is 4.04. The van der Waals surface area contributed by atoms with E-state index in [0.717, 1.165) is 11.1 Å². The van der Waals surface area contributed by atoms with Gasteiger partial charge in [-0.2, -0.15) is 0 Å². The molecule has 0 atom stereocenters. The minimum absolute atomic E-state index is 0.323. The number of hydrogen-bond donors (Lipinski definition) is 1. The predicted molar refractivity (Wildman–Crippen MR) is 66.0 cm³/mol. The van der Waals surface area contributed by atoms with Crippen molar-refractivity contribution in [3.8, 4) is 11.1 Å². The summed E-state index contributed by atoms with van der Waals surface area (Å²) in [5, 5.41) is 0.397. The number of aryl methyl sites for hydroxylation is 1. The lowest BCUT2D eigenvalue weighted by atomic mass is 10.0. The standard InChI is InChI=1S/C13H11ClFN/c1-8-6-9(2-5-13(8)16)11-4-3-10(14)7-12(11)15/h2-7H,16H2,1H3. The molecule has 0 spiro atoms. The Morgan fingerprint density at radius 1 is 1.12 bits per heavy atom. The highest BCUT2D eigenvalue weighted by Crippen LogP contribution is 2.27. The van der Waals surface area contributed by atoms with Gasteiger partial charge < -0.3 is 5.73 Å². The highest BCUT2D eigenvalue weighted by molar-refractivity contribution is 6.30. The maximum atomic E-state index is 13.7. The molecule has 0 aliphatic rings. The fraction of sp³-hybridized carbons (Fsp3) is 0.0769. The lowest BCUT2D eigenvalue weighted by molar-refractivity contribution is 0.631. The number of rotatable bonds is 1. The Morgan fingerprint density at radius 3 is 2.50 bits per heavy atom. The quantitative estimate of drug-likeness (QED) is 0.742. The van der Waals surface area contributed by atoms with Crippen molar-refractivity contribution in [2.24, 2.45) is 0 Å². The molecule has 16 heavy (non-hydrogen) atoms. The Balaban J connectivity index is 2.54. The Labute approximate surface area is 98.7 Å². The molecule has 2 N–H and O–H groups in total. The SMILES string of the molecule is Cc1cc(-c2ccc(Cl)cc2F)ccc1N. The van der Waals surface area contributed by atoms with Crippen LogP contribution in [0.15, 0.2) is 36.4 Å². The van der Waals surface area contributed by atoms with Gasteiger partial charge in [0, 0.05) is 16.3 Å². The normalized spacial score (nSPS) is 10.4. The molecule has 82 valence electrons. The molecule has 0 bridgehead atoms. The summed E-state index contributed by atoms with van der Waals surface area (Å²) in [5.74, 6) is -0.323. The molecule has 0 amide bonds. The van der Waals surface area contributed by atoms with Gasteiger partial charge in [-0.05, 0) is 48.4 Å². The number of benzene rings is 2. The van der Waals surface area contributed by atoms with Gasteiger partial charge in [0.2, 0.25) is 0 Å². The number of hydrogen-bond acceptors (Lipinski definition) is 1. The Kier molecular flexibility index (Phi) is 2.84. The minimum Gasteiger partial charge on any atom is -0.399 e. The molecule has 0 saturated heterocycles. The lowest BCUT2D eigenvalue weighted by Gasteiger charge is -2.06. The van der Waals surface area contributed by atoms with Gasteiger partial charge in [0.05, 0.1) is 0 Å². The van der Waals surface area contributed by atoms with Crippen molar-refractivity contribution in [3.05, 3.63) is 52.8 Å². The number of halogens is 2. The lowest BCUT2D eigenvalue weighted by Crippen LogP contribution is -1.91. The second kappa shape index (κ2) is 4.14. The van der Waals surface area contributed by atoms with E-state index in [2.05, 4.69) is 0 Å². The second-order valence-electron chi connectivity index (χ2n) is 3.70. The molecule has 0 heterocycles. The first-order valence-electron chi connectivity index (χ1n) is 4.89. The van der Waals surface area contributed by atoms with Crippen LogP contribution in [-0.2, 0) is 0 Å². The van der Waals surface area contributed by atoms with E-state index in [0.29, 0.717) is 16.3 Å². The largest absolute Gasteiger partial charge is 0.399 e. The summed E-state index contributed by atoms with van der Waals surface area (Å²) in [4.78, 5) is 0. The van der Waals surface area contributed by atoms with Gasteiger partial charge in [-0.1, -0.05) is 17.7 Å². The maximum Gasteiger partial charge on any atom is 0.132 e. The average Bonchev–Trinajstić information content (AvgIpc) is 2.22. The summed E-state index contributed by atoms with van der Waals surface area (Å²) >= 11 is 5.70. The van der Waals surface area contributed by atoms with Crippen LogP contribution in [0.5, 0.6) is 0 Å². The van der Waals surface area contributed by atoms with Crippen LogP contribution >= 0.6 is 11.6 Å². The number of nitrogens with two attached hydrogens (primary N) is 1. The zero-order valence-electron chi connectivity index (χ0n) is 8.80. The molecule has 3 heteroatoms. The molecular weight excluding hydrogens is 225 g/mol. The molecule has 0 aliphatic carbocycles. The molecule has 0 fully saturated rings. The van der Waals surface area contributed by atoms with Crippen molar-refractivity contribution < 1.29 is 4.39 Å². The zero-order chi connectivity index (χ0) is 11.7. The third-order valence-electron chi connectivity index (χ3n) is 2.51. The van der Waals surface area contributed by atoms with Crippen molar-refractivity contribution in [1.29, 1.82) is 0 Å². The maximum absolute atomic E-state index is 13.7. The number of anilines is 1. The van der Waals surface area contributed by atoms with Crippen LogP contribution in [0.3, 0.4) is 0 Å². The smallest absolute Gasteiger partial charge is 0.132 e. The third kappa shape index (κ3) is 2.02. The van der Waals surface area contributed by atoms with E-state index in [4.69, 9.17) is 17.3 Å². The van der Waals surface area contributed by atoms with Crippen LogP contribution in [-0.4, -0.2) is 0 Å². The molecular formula is C13H11ClFN. The fourth-order valence-electron chi connectivity index (χ4n) is 1.57. The van der Waals surface area contributed by atoms with Gasteiger partial charge in [-0.25, -0.2) is 4.39 Å². The van der Waals surface area contributed by atoms with Crippen LogP contribution in [0.2, 0.25) is 5.02 Å². The van der Waals surface area contributed by atoms with Crippen molar-refractivity contribution in [2.75, 3.05) is 5.73 Å². The van der Waals surface area contributed by atoms with Crippen molar-refractivity contribution in [2.45, 2.75) is 6.92 Å². The van der Waals surface area contributed by atoms with E-state index in [9.17, 15) is 4.39 Å². The van der Waals surface area contributed by atoms with Crippen LogP contribution < -0.4 is 5.73 Å². The van der Waals surface area contributed by atoms with Crippen molar-refractivity contribution >= 4 is 17.3 Å². The molecule has 0 saturated carbocycles. The minimum atomic E-state index is -0.323. The van der Waals surface area contributed by atoms with Crippen LogP contribution in [0, 0.1) is 12.7 Å². The van der Waals surface area contributed by atoms with Gasteiger partial charge in [0.1, 0.15) is 5.82 Å². The highest BCUT2D eigenvalue weighted by Gasteiger charge is 2.06. The average molecular weight is 236 g/mol. The summed E-state index contributed by atoms with van der Waals surface area (Å²) in [7, 11) is 0. The van der Waals surface area contributed by atoms with Crippen LogP contribution in [0.4, 0.5) is 10.1 Å². The van der Waals surface area contributed by atoms with E-state index >= 15 is 0 Å². The van der Waals surface area contributed by atoms with Crippen molar-refractivity contribution in [3.63, 3.8) is 0 Å². The van der Waals surface area contributed by atoms with Gasteiger partial charge in [0.25, 0.3) is 0 Å². The Hall–Kier alpha value is -1.54. The molecule has 0 aromatic heterocycles. The monoisotopic (exact) mass is 235 g/mol. The Morgan fingerprint density at radius 2 is 1.88 bits per heavy atom. The number of nitrogen functional groups attached to an aromatic ring is 1. The van der Waals surface area contributed by atoms with Crippen LogP contribution in [0.25, 0.3) is 11.1 Å². The first-order valence-corrected chi connectivity index (χ1v) is 5.27. The van der Waals surface area contributed by atoms with Gasteiger partial charge in [-0.3, -0.25) is 0 Å². The van der Waals surface area contributed by atoms with Crippen LogP contribution in [0.1, 0.15) is 5.56 Å². The highest BCUT2D eigenvalue weighted by atomic mass is 35.5. The summed E-state index contributed by atoms with van der Waals surface area (Å²) in [5.41, 5.74) is 8.70. The first-order chi connectivity index (χ1) is 7.58. The summed E-state index contributed by atoms with van der Waals surface area (Å²) < 4.78 is 13.7. The molecule has 2 rings (SSSR count). The van der Waals surface area contributed by atoms with E-state index in [1.54, 1.807) is 24.3 Å². The molecule has 1 nitrogen and oxygen atoms in total. The van der Waals surface area contributed by atoms with Gasteiger partial charge >= 0.3 is 0 Å². The molecule has 0 radical (unpaired) electrons. The van der Waals surface area contributed by atoms with Gasteiger partial charge in [-0.15, -0.1) is 0 Å². The van der Waals surface area contributed by atoms with E-state index in [1.807, 2.05) is 13.0 Å². The third-order valence-corrected chi connectivity index (χ3v) is 2.75. The van der Waals surface area contributed by atoms with E-state index < -0.39 is 0 Å². The molecule has 0 unspecified atom stereocenters. The van der Waals surface area contributed by atoms with E-state index in [1.165, 1.54) is 6.07 Å². The molecule has 2 aromatic carbocycles. The molecule has 2 aromatic rings. The topological polar surface area (TPSA) is 26.0 Å². The summed E-state index contributed by atoms with van der Waals surface area (Å²) in [6.07, 6.45) is 0. The Bertz CT molecular complexity index is 537. The summed E-state index contributed by atoms with van der Waals surface area (Å²) in [6.45, 7) is 1.90. The van der Waals surface area contributed by atoms with E-state index in [-0.39, 0.29) is 5.82 Å². The summed E-state index contributed by atoms with van der Waals surface area (Å²) in [6, 6.07) is 10.1. The van der Waals surface area contributed by atoms with Crippen molar-refractivity contribution in [1.82, 2.24) is 0 Å². The molecule has 0 aliphatic heterocycles. The first kappa shape index (κ1) is 11.0. The fourth-order valence-corrected chi connectivity index (χ4v) is 1.73. The van der Waals surface area contributed by atoms with Gasteiger partial charge in [0.15, 0.2) is 0 Å².